The van der Waals surface area contributed by atoms with Gasteiger partial charge in [0, 0.05) is 27.4 Å². The highest BCUT2D eigenvalue weighted by molar-refractivity contribution is 6.43. The maximum absolute atomic E-state index is 12.0. The van der Waals surface area contributed by atoms with Crippen LogP contribution < -0.4 is 5.32 Å². The Bertz CT molecular complexity index is 928. The molecule has 2 aromatic rings. The van der Waals surface area contributed by atoms with Gasteiger partial charge in [-0.15, -0.1) is 0 Å². The first-order chi connectivity index (χ1) is 12.2. The Morgan fingerprint density at radius 3 is 2.27 bits per heavy atom. The van der Waals surface area contributed by atoms with Crippen molar-refractivity contribution in [2.45, 2.75) is 16.3 Å². The van der Waals surface area contributed by atoms with Crippen LogP contribution in [0.2, 0.25) is 0 Å². The van der Waals surface area contributed by atoms with Crippen LogP contribution in [0.1, 0.15) is 16.7 Å². The minimum atomic E-state index is -2.17. The molecule has 0 spiro atoms. The molecule has 122 valence electrons. The van der Waals surface area contributed by atoms with Gasteiger partial charge in [0.2, 0.25) is 5.91 Å². The maximum Gasteiger partial charge on any atom is 0.246 e. The number of anilines is 1. The van der Waals surface area contributed by atoms with E-state index in [4.69, 9.17) is 23.5 Å². The van der Waals surface area contributed by atoms with Crippen LogP contribution >= 0.6 is 0 Å². The lowest BCUT2D eigenvalue weighted by atomic mass is 9.66. The Hall–Kier alpha value is -2.31. The molecule has 2 aromatic carbocycles. The van der Waals surface area contributed by atoms with Crippen LogP contribution in [0.4, 0.5) is 5.69 Å². The summed E-state index contributed by atoms with van der Waals surface area (Å²) in [6.07, 6.45) is 0. The van der Waals surface area contributed by atoms with Crippen molar-refractivity contribution in [3.8, 4) is 0 Å². The van der Waals surface area contributed by atoms with Crippen LogP contribution in [0.25, 0.3) is 0 Å². The van der Waals surface area contributed by atoms with Crippen molar-refractivity contribution in [3.05, 3.63) is 65.2 Å². The van der Waals surface area contributed by atoms with Gasteiger partial charge < -0.3 is 15.5 Å². The van der Waals surface area contributed by atoms with Gasteiger partial charge in [0.05, 0.1) is 19.2 Å². The Morgan fingerprint density at radius 1 is 1.00 bits per heavy atom. The molecular formula is C18H13B3N2O3. The lowest BCUT2D eigenvalue weighted by Crippen LogP contribution is -2.25. The summed E-state index contributed by atoms with van der Waals surface area (Å²) in [6.45, 7) is -0.0241. The molecule has 5 nitrogen and oxygen atoms in total. The number of nitrogens with zero attached hydrogens (tertiary/aromatic N) is 1. The van der Waals surface area contributed by atoms with E-state index in [-0.39, 0.29) is 12.5 Å². The van der Waals surface area contributed by atoms with Crippen LogP contribution in [0.5, 0.6) is 0 Å². The SMILES string of the molecule is [B]C1(O)C([B])(O)C1([B])c1ccc2c(c1)C(c1ccccc1)=NCC(=O)N2. The Labute approximate surface area is 154 Å². The molecule has 1 amide bonds. The number of carbonyl (C=O) groups is 1. The number of carbonyl (C=O) groups excluding carboxylic acids is 1. The molecule has 6 radical (unpaired) electrons. The number of rotatable bonds is 2. The van der Waals surface area contributed by atoms with Gasteiger partial charge in [0.15, 0.2) is 0 Å². The summed E-state index contributed by atoms with van der Waals surface area (Å²) >= 11 is 0. The van der Waals surface area contributed by atoms with E-state index >= 15 is 0 Å². The Kier molecular flexibility index (Phi) is 3.52. The minimum Gasteiger partial charge on any atom is -0.397 e. The molecule has 1 fully saturated rings. The summed E-state index contributed by atoms with van der Waals surface area (Å²) in [5.74, 6) is -0.246. The predicted octanol–water partition coefficient (Wildman–Crippen LogP) is -0.432. The Morgan fingerprint density at radius 2 is 1.65 bits per heavy atom. The smallest absolute Gasteiger partial charge is 0.246 e. The highest BCUT2D eigenvalue weighted by atomic mass is 16.4. The van der Waals surface area contributed by atoms with E-state index in [0.717, 1.165) is 5.56 Å². The molecule has 1 heterocycles. The summed E-state index contributed by atoms with van der Waals surface area (Å²) < 4.78 is 0. The fourth-order valence-corrected chi connectivity index (χ4v) is 3.41. The number of benzene rings is 2. The van der Waals surface area contributed by atoms with Gasteiger partial charge in [0.1, 0.15) is 22.2 Å². The quantitative estimate of drug-likeness (QED) is 0.650. The van der Waals surface area contributed by atoms with Crippen molar-refractivity contribution < 1.29 is 15.0 Å². The van der Waals surface area contributed by atoms with Crippen molar-refractivity contribution in [2.24, 2.45) is 4.99 Å². The summed E-state index contributed by atoms with van der Waals surface area (Å²) in [5, 5.41) is 21.4. The standard InChI is InChI=1S/C18H13B3N2O3/c19-16(17(20,25)18(16,21)26)11-6-7-13-12(8-11)15(22-9-14(24)23-13)10-4-2-1-3-5-10/h1-8,25-26H,9H2,(H,23,24). The molecule has 4 rings (SSSR count). The molecule has 3 N–H and O–H groups in total. The highest BCUT2D eigenvalue weighted by Crippen LogP contribution is 2.60. The predicted molar refractivity (Wildman–Crippen MR) is 101 cm³/mol. The zero-order valence-electron chi connectivity index (χ0n) is 13.8. The number of fused-ring (bicyclic) bond motifs is 1. The second-order valence-corrected chi connectivity index (χ2v) is 6.68. The number of hydrogen-bond donors (Lipinski definition) is 3. The average Bonchev–Trinajstić information content (AvgIpc) is 3.03. The summed E-state index contributed by atoms with van der Waals surface area (Å²) in [6, 6.07) is 14.2. The summed E-state index contributed by atoms with van der Waals surface area (Å²) in [5.41, 5.74) is -1.46. The van der Waals surface area contributed by atoms with Crippen LogP contribution in [0.15, 0.2) is 53.5 Å². The van der Waals surface area contributed by atoms with Gasteiger partial charge >= 0.3 is 0 Å². The largest absolute Gasteiger partial charge is 0.397 e. The number of aliphatic hydroxyl groups is 2. The molecule has 2 unspecified atom stereocenters. The van der Waals surface area contributed by atoms with Crippen LogP contribution in [-0.2, 0) is 10.1 Å². The normalized spacial score (nSPS) is 32.8. The second kappa shape index (κ2) is 5.35. The monoisotopic (exact) mass is 338 g/mol. The number of aliphatic imine (C=N–C) groups is 1. The first-order valence-electron chi connectivity index (χ1n) is 8.06. The summed E-state index contributed by atoms with van der Waals surface area (Å²) in [4.78, 5) is 16.4. The van der Waals surface area contributed by atoms with Crippen molar-refractivity contribution in [1.29, 1.82) is 0 Å². The molecule has 0 saturated heterocycles. The number of amides is 1. The molecule has 26 heavy (non-hydrogen) atoms. The number of benzodiazepines with no additional fused rings is 1. The third-order valence-corrected chi connectivity index (χ3v) is 5.15. The molecule has 2 aliphatic rings. The molecular weight excluding hydrogens is 325 g/mol. The zero-order chi connectivity index (χ0) is 18.7. The van der Waals surface area contributed by atoms with Crippen LogP contribution in [0.3, 0.4) is 0 Å². The van der Waals surface area contributed by atoms with Gasteiger partial charge in [-0.2, -0.15) is 0 Å². The number of hydrogen-bond acceptors (Lipinski definition) is 4. The van der Waals surface area contributed by atoms with E-state index in [0.29, 0.717) is 22.5 Å². The van der Waals surface area contributed by atoms with Gasteiger partial charge in [-0.25, -0.2) is 0 Å². The molecule has 1 saturated carbocycles. The first-order valence-corrected chi connectivity index (χ1v) is 8.06. The third kappa shape index (κ3) is 2.09. The Balaban J connectivity index is 1.89. The van der Waals surface area contributed by atoms with Crippen molar-refractivity contribution in [2.75, 3.05) is 11.9 Å². The van der Waals surface area contributed by atoms with Crippen molar-refractivity contribution in [3.63, 3.8) is 0 Å². The van der Waals surface area contributed by atoms with E-state index in [2.05, 4.69) is 10.3 Å². The first kappa shape index (κ1) is 17.1. The lowest BCUT2D eigenvalue weighted by Gasteiger charge is -2.19. The molecule has 2 atom stereocenters. The third-order valence-electron chi connectivity index (χ3n) is 5.15. The molecule has 0 aromatic heterocycles. The van der Waals surface area contributed by atoms with Crippen LogP contribution in [0, 0.1) is 0 Å². The van der Waals surface area contributed by atoms with Crippen LogP contribution in [-0.4, -0.2) is 62.9 Å². The average molecular weight is 338 g/mol. The molecule has 8 heteroatoms. The lowest BCUT2D eigenvalue weighted by molar-refractivity contribution is -0.114. The minimum absolute atomic E-state index is 0.0241. The second-order valence-electron chi connectivity index (χ2n) is 6.68. The maximum atomic E-state index is 12.0. The van der Waals surface area contributed by atoms with Gasteiger partial charge in [0.25, 0.3) is 0 Å². The van der Waals surface area contributed by atoms with Gasteiger partial charge in [-0.05, 0) is 17.7 Å². The summed E-state index contributed by atoms with van der Waals surface area (Å²) in [7, 11) is 17.5. The molecule has 1 aliphatic heterocycles. The van der Waals surface area contributed by atoms with Crippen molar-refractivity contribution >= 4 is 40.8 Å². The fraction of sp³-hybridized carbons (Fsp3) is 0.222. The highest BCUT2D eigenvalue weighted by Gasteiger charge is 2.77. The van der Waals surface area contributed by atoms with E-state index < -0.39 is 16.3 Å². The van der Waals surface area contributed by atoms with E-state index in [1.807, 2.05) is 30.3 Å². The molecule has 1 aliphatic carbocycles. The van der Waals surface area contributed by atoms with E-state index in [9.17, 15) is 15.0 Å². The molecule has 0 bridgehead atoms. The van der Waals surface area contributed by atoms with Crippen molar-refractivity contribution in [1.82, 2.24) is 0 Å². The zero-order valence-corrected chi connectivity index (χ0v) is 13.8. The number of nitrogens with one attached hydrogen (secondary N) is 1. The van der Waals surface area contributed by atoms with Gasteiger partial charge in [-0.3, -0.25) is 9.79 Å². The van der Waals surface area contributed by atoms with E-state index in [1.165, 1.54) is 0 Å². The fourth-order valence-electron chi connectivity index (χ4n) is 3.41. The van der Waals surface area contributed by atoms with Gasteiger partial charge in [-0.1, -0.05) is 36.4 Å². The van der Waals surface area contributed by atoms with E-state index in [1.54, 1.807) is 18.2 Å². The topological polar surface area (TPSA) is 81.9 Å².